The zero-order chi connectivity index (χ0) is 15.4. The van der Waals surface area contributed by atoms with Crippen molar-refractivity contribution in [3.8, 4) is 6.07 Å². The van der Waals surface area contributed by atoms with Crippen LogP contribution in [0, 0.1) is 17.2 Å². The van der Waals surface area contributed by atoms with Gasteiger partial charge in [-0.15, -0.1) is 5.10 Å². The molecule has 2 aromatic rings. The van der Waals surface area contributed by atoms with Gasteiger partial charge >= 0.3 is 0 Å². The zero-order valence-corrected chi connectivity index (χ0v) is 13.2. The first-order valence-corrected chi connectivity index (χ1v) is 7.42. The smallest absolute Gasteiger partial charge is 0.185 e. The van der Waals surface area contributed by atoms with E-state index < -0.39 is 0 Å². The standard InChI is InChI=1S/C17H22N4/c1-12(2)9-17-16(10-18)19-20-21(17)11-14-5-7-15(8-6-14)13(3)4/h5-8,12-13H,9,11H2,1-4H3. The van der Waals surface area contributed by atoms with Crippen molar-refractivity contribution in [1.82, 2.24) is 15.0 Å². The SMILES string of the molecule is CC(C)Cc1c(C#N)nnn1Cc1ccc(C(C)C)cc1. The van der Waals surface area contributed by atoms with Gasteiger partial charge in [-0.1, -0.05) is 57.2 Å². The molecule has 0 aliphatic carbocycles. The van der Waals surface area contributed by atoms with Crippen molar-refractivity contribution in [1.29, 1.82) is 5.26 Å². The maximum Gasteiger partial charge on any atom is 0.185 e. The number of hydrogen-bond acceptors (Lipinski definition) is 3. The molecule has 0 fully saturated rings. The van der Waals surface area contributed by atoms with Gasteiger partial charge in [0.25, 0.3) is 0 Å². The molecule has 4 heteroatoms. The molecule has 0 amide bonds. The summed E-state index contributed by atoms with van der Waals surface area (Å²) < 4.78 is 1.85. The lowest BCUT2D eigenvalue weighted by Crippen LogP contribution is -2.09. The predicted octanol–water partition coefficient (Wildman–Crippen LogP) is 3.52. The van der Waals surface area contributed by atoms with Gasteiger partial charge in [0.05, 0.1) is 12.2 Å². The van der Waals surface area contributed by atoms with Crippen LogP contribution in [0.2, 0.25) is 0 Å². The lowest BCUT2D eigenvalue weighted by Gasteiger charge is -2.10. The van der Waals surface area contributed by atoms with Gasteiger partial charge in [-0.2, -0.15) is 5.26 Å². The summed E-state index contributed by atoms with van der Waals surface area (Å²) in [5.74, 6) is 1.00. The molecule has 21 heavy (non-hydrogen) atoms. The summed E-state index contributed by atoms with van der Waals surface area (Å²) in [5, 5.41) is 17.3. The lowest BCUT2D eigenvalue weighted by atomic mass is 10.0. The van der Waals surface area contributed by atoms with Crippen LogP contribution in [0.4, 0.5) is 0 Å². The van der Waals surface area contributed by atoms with E-state index in [2.05, 4.69) is 68.3 Å². The Labute approximate surface area is 126 Å². The molecule has 0 aliphatic heterocycles. The van der Waals surface area contributed by atoms with Crippen molar-refractivity contribution in [2.45, 2.75) is 46.6 Å². The molecule has 1 aromatic heterocycles. The Kier molecular flexibility index (Phi) is 4.74. The molecule has 0 unspecified atom stereocenters. The second-order valence-electron chi connectivity index (χ2n) is 6.15. The number of nitrogens with zero attached hydrogens (tertiary/aromatic N) is 4. The molecule has 0 N–H and O–H groups in total. The highest BCUT2D eigenvalue weighted by Gasteiger charge is 2.14. The highest BCUT2D eigenvalue weighted by molar-refractivity contribution is 5.28. The Morgan fingerprint density at radius 2 is 1.81 bits per heavy atom. The van der Waals surface area contributed by atoms with E-state index in [0.29, 0.717) is 24.1 Å². The van der Waals surface area contributed by atoms with E-state index in [4.69, 9.17) is 5.26 Å². The molecular weight excluding hydrogens is 260 g/mol. The summed E-state index contributed by atoms with van der Waals surface area (Å²) in [6, 6.07) is 10.7. The molecule has 1 aromatic carbocycles. The quantitative estimate of drug-likeness (QED) is 0.843. The molecule has 0 bridgehead atoms. The predicted molar refractivity (Wildman–Crippen MR) is 82.9 cm³/mol. The van der Waals surface area contributed by atoms with E-state index in [-0.39, 0.29) is 0 Å². The maximum absolute atomic E-state index is 9.14. The molecule has 0 spiro atoms. The third kappa shape index (κ3) is 3.69. The molecule has 2 rings (SSSR count). The monoisotopic (exact) mass is 282 g/mol. The minimum absolute atomic E-state index is 0.447. The van der Waals surface area contributed by atoms with Crippen LogP contribution in [-0.4, -0.2) is 15.0 Å². The third-order valence-electron chi connectivity index (χ3n) is 3.52. The van der Waals surface area contributed by atoms with Crippen molar-refractivity contribution >= 4 is 0 Å². The fourth-order valence-corrected chi connectivity index (χ4v) is 2.32. The van der Waals surface area contributed by atoms with Gasteiger partial charge in [0.1, 0.15) is 6.07 Å². The van der Waals surface area contributed by atoms with Crippen LogP contribution in [0.25, 0.3) is 0 Å². The molecular formula is C17H22N4. The van der Waals surface area contributed by atoms with Crippen LogP contribution in [-0.2, 0) is 13.0 Å². The van der Waals surface area contributed by atoms with Crippen molar-refractivity contribution in [2.75, 3.05) is 0 Å². The number of hydrogen-bond donors (Lipinski definition) is 0. The van der Waals surface area contributed by atoms with Crippen molar-refractivity contribution in [3.63, 3.8) is 0 Å². The van der Waals surface area contributed by atoms with Crippen molar-refractivity contribution in [2.24, 2.45) is 5.92 Å². The molecule has 1 heterocycles. The summed E-state index contributed by atoms with van der Waals surface area (Å²) in [6.07, 6.45) is 0.819. The first kappa shape index (κ1) is 15.2. The number of rotatable bonds is 5. The van der Waals surface area contributed by atoms with Crippen LogP contribution in [0.1, 0.15) is 56.1 Å². The number of aromatic nitrogens is 3. The lowest BCUT2D eigenvalue weighted by molar-refractivity contribution is 0.564. The van der Waals surface area contributed by atoms with E-state index in [1.807, 2.05) is 4.68 Å². The van der Waals surface area contributed by atoms with Crippen LogP contribution in [0.5, 0.6) is 0 Å². The average molecular weight is 282 g/mol. The van der Waals surface area contributed by atoms with E-state index in [0.717, 1.165) is 12.1 Å². The fraction of sp³-hybridized carbons (Fsp3) is 0.471. The molecule has 4 nitrogen and oxygen atoms in total. The molecule has 0 atom stereocenters. The van der Waals surface area contributed by atoms with Crippen molar-refractivity contribution < 1.29 is 0 Å². The highest BCUT2D eigenvalue weighted by atomic mass is 15.4. The minimum atomic E-state index is 0.447. The van der Waals surface area contributed by atoms with Gasteiger partial charge in [0, 0.05) is 0 Å². The normalized spacial score (nSPS) is 11.1. The van der Waals surface area contributed by atoms with Gasteiger partial charge < -0.3 is 0 Å². The summed E-state index contributed by atoms with van der Waals surface area (Å²) >= 11 is 0. The molecule has 0 saturated carbocycles. The molecule has 0 saturated heterocycles. The van der Waals surface area contributed by atoms with Crippen molar-refractivity contribution in [3.05, 3.63) is 46.8 Å². The Hall–Kier alpha value is -2.15. The van der Waals surface area contributed by atoms with Crippen LogP contribution < -0.4 is 0 Å². The summed E-state index contributed by atoms with van der Waals surface area (Å²) in [4.78, 5) is 0. The Morgan fingerprint density at radius 3 is 2.33 bits per heavy atom. The number of benzene rings is 1. The van der Waals surface area contributed by atoms with E-state index in [1.54, 1.807) is 0 Å². The first-order chi connectivity index (χ1) is 10.0. The number of nitriles is 1. The Morgan fingerprint density at radius 1 is 1.14 bits per heavy atom. The minimum Gasteiger partial charge on any atom is -0.244 e. The van der Waals surface area contributed by atoms with Gasteiger partial charge in [-0.05, 0) is 29.4 Å². The van der Waals surface area contributed by atoms with Gasteiger partial charge in [-0.25, -0.2) is 4.68 Å². The molecule has 0 aliphatic rings. The average Bonchev–Trinajstić information content (AvgIpc) is 2.81. The van der Waals surface area contributed by atoms with Gasteiger partial charge in [-0.3, -0.25) is 0 Å². The van der Waals surface area contributed by atoms with Crippen LogP contribution in [0.15, 0.2) is 24.3 Å². The first-order valence-electron chi connectivity index (χ1n) is 7.42. The molecule has 0 radical (unpaired) electrons. The highest BCUT2D eigenvalue weighted by Crippen LogP contribution is 2.17. The van der Waals surface area contributed by atoms with Gasteiger partial charge in [0.15, 0.2) is 5.69 Å². The maximum atomic E-state index is 9.14. The fourth-order valence-electron chi connectivity index (χ4n) is 2.32. The molecule has 110 valence electrons. The second kappa shape index (κ2) is 6.53. The van der Waals surface area contributed by atoms with Crippen LogP contribution >= 0.6 is 0 Å². The largest absolute Gasteiger partial charge is 0.244 e. The topological polar surface area (TPSA) is 54.5 Å². The summed E-state index contributed by atoms with van der Waals surface area (Å²) in [6.45, 7) is 9.31. The Bertz CT molecular complexity index is 630. The Balaban J connectivity index is 2.23. The third-order valence-corrected chi connectivity index (χ3v) is 3.52. The van der Waals surface area contributed by atoms with E-state index in [9.17, 15) is 0 Å². The van der Waals surface area contributed by atoms with Gasteiger partial charge in [0.2, 0.25) is 0 Å². The van der Waals surface area contributed by atoms with E-state index >= 15 is 0 Å². The summed E-state index contributed by atoms with van der Waals surface area (Å²) in [5.41, 5.74) is 3.89. The zero-order valence-electron chi connectivity index (χ0n) is 13.2. The van der Waals surface area contributed by atoms with Crippen LogP contribution in [0.3, 0.4) is 0 Å². The van der Waals surface area contributed by atoms with E-state index in [1.165, 1.54) is 11.1 Å². The summed E-state index contributed by atoms with van der Waals surface area (Å²) in [7, 11) is 0. The second-order valence-corrected chi connectivity index (χ2v) is 6.15.